The number of nitrogens with two attached hydrogens (primary N) is 1. The van der Waals surface area contributed by atoms with E-state index in [0.29, 0.717) is 11.5 Å². The lowest BCUT2D eigenvalue weighted by Crippen LogP contribution is -2.41. The number of nitrogens with one attached hydrogen (secondary N) is 1. The van der Waals surface area contributed by atoms with Gasteiger partial charge in [-0.15, -0.1) is 0 Å². The Morgan fingerprint density at radius 3 is 2.29 bits per heavy atom. The number of rotatable bonds is 5. The molecule has 0 radical (unpaired) electrons. The van der Waals surface area contributed by atoms with Crippen LogP contribution < -0.4 is 11.3 Å². The number of hydrogen-bond acceptors (Lipinski definition) is 2. The van der Waals surface area contributed by atoms with Crippen molar-refractivity contribution >= 4 is 0 Å². The Morgan fingerprint density at radius 1 is 1.36 bits per heavy atom. The van der Waals surface area contributed by atoms with Crippen molar-refractivity contribution in [1.29, 1.82) is 0 Å². The molecule has 1 rings (SSSR count). The molecule has 0 bridgehead atoms. The fourth-order valence-corrected chi connectivity index (χ4v) is 2.04. The minimum atomic E-state index is 0.429. The quantitative estimate of drug-likeness (QED) is 0.526. The van der Waals surface area contributed by atoms with Crippen molar-refractivity contribution in [1.82, 2.24) is 5.43 Å². The van der Waals surface area contributed by atoms with E-state index in [9.17, 15) is 0 Å². The molecular weight excluding hydrogens is 172 g/mol. The van der Waals surface area contributed by atoms with Gasteiger partial charge in [0.25, 0.3) is 0 Å². The maximum absolute atomic E-state index is 5.62. The summed E-state index contributed by atoms with van der Waals surface area (Å²) in [6, 6.07) is 0.515. The van der Waals surface area contributed by atoms with Crippen LogP contribution in [0, 0.1) is 17.3 Å². The monoisotopic (exact) mass is 198 g/mol. The van der Waals surface area contributed by atoms with E-state index in [1.165, 1.54) is 25.7 Å². The summed E-state index contributed by atoms with van der Waals surface area (Å²) in [5, 5.41) is 0. The topological polar surface area (TPSA) is 38.0 Å². The van der Waals surface area contributed by atoms with Crippen LogP contribution in [0.3, 0.4) is 0 Å². The fourth-order valence-electron chi connectivity index (χ4n) is 2.04. The molecule has 0 aromatic carbocycles. The molecular formula is C12H26N2. The van der Waals surface area contributed by atoms with Crippen molar-refractivity contribution in [3.63, 3.8) is 0 Å². The molecule has 1 aliphatic rings. The summed E-state index contributed by atoms with van der Waals surface area (Å²) >= 11 is 0. The summed E-state index contributed by atoms with van der Waals surface area (Å²) in [5.41, 5.74) is 3.42. The van der Waals surface area contributed by atoms with Crippen LogP contribution in [-0.2, 0) is 0 Å². The molecule has 84 valence electrons. The SMILES string of the molecule is CC(C1CC1)C(CCC(C)(C)C)NN. The first-order chi connectivity index (χ1) is 6.44. The van der Waals surface area contributed by atoms with Crippen LogP contribution in [0.2, 0.25) is 0 Å². The highest BCUT2D eigenvalue weighted by molar-refractivity contribution is 4.86. The zero-order valence-corrected chi connectivity index (χ0v) is 10.1. The normalized spacial score (nSPS) is 22.1. The third kappa shape index (κ3) is 3.97. The second-order valence-electron chi connectivity index (χ2n) is 6.07. The van der Waals surface area contributed by atoms with Gasteiger partial charge in [0.05, 0.1) is 0 Å². The Kier molecular flexibility index (Phi) is 3.96. The lowest BCUT2D eigenvalue weighted by atomic mass is 9.85. The molecule has 1 saturated carbocycles. The van der Waals surface area contributed by atoms with Crippen molar-refractivity contribution in [2.75, 3.05) is 0 Å². The standard InChI is InChI=1S/C12H26N2/c1-9(10-5-6-10)11(14-13)7-8-12(2,3)4/h9-11,14H,5-8,13H2,1-4H3. The molecule has 1 fully saturated rings. The van der Waals surface area contributed by atoms with E-state index in [4.69, 9.17) is 5.84 Å². The summed E-state index contributed by atoms with van der Waals surface area (Å²) in [5.74, 6) is 7.31. The van der Waals surface area contributed by atoms with E-state index >= 15 is 0 Å². The average Bonchev–Trinajstić information content (AvgIpc) is 2.85. The van der Waals surface area contributed by atoms with Crippen LogP contribution in [0.15, 0.2) is 0 Å². The van der Waals surface area contributed by atoms with Gasteiger partial charge in [0.15, 0.2) is 0 Å². The van der Waals surface area contributed by atoms with E-state index in [-0.39, 0.29) is 0 Å². The highest BCUT2D eigenvalue weighted by atomic mass is 15.2. The van der Waals surface area contributed by atoms with Crippen LogP contribution in [0.1, 0.15) is 53.4 Å². The van der Waals surface area contributed by atoms with Crippen molar-refractivity contribution < 1.29 is 0 Å². The smallest absolute Gasteiger partial charge is 0.0239 e. The first-order valence-electron chi connectivity index (χ1n) is 5.90. The second kappa shape index (κ2) is 4.63. The molecule has 3 N–H and O–H groups in total. The highest BCUT2D eigenvalue weighted by Crippen LogP contribution is 2.39. The molecule has 0 amide bonds. The van der Waals surface area contributed by atoms with Gasteiger partial charge in [0.1, 0.15) is 0 Å². The molecule has 1 aliphatic carbocycles. The first-order valence-corrected chi connectivity index (χ1v) is 5.90. The molecule has 0 spiro atoms. The van der Waals surface area contributed by atoms with Crippen LogP contribution in [0.25, 0.3) is 0 Å². The van der Waals surface area contributed by atoms with Gasteiger partial charge in [-0.25, -0.2) is 0 Å². The van der Waals surface area contributed by atoms with Gasteiger partial charge in [-0.2, -0.15) is 0 Å². The van der Waals surface area contributed by atoms with Gasteiger partial charge in [-0.1, -0.05) is 27.7 Å². The van der Waals surface area contributed by atoms with Crippen LogP contribution in [-0.4, -0.2) is 6.04 Å². The maximum atomic E-state index is 5.62. The minimum Gasteiger partial charge on any atom is -0.271 e. The predicted molar refractivity (Wildman–Crippen MR) is 61.7 cm³/mol. The lowest BCUT2D eigenvalue weighted by Gasteiger charge is -2.27. The molecule has 0 aliphatic heterocycles. The summed E-state index contributed by atoms with van der Waals surface area (Å²) in [4.78, 5) is 0. The highest BCUT2D eigenvalue weighted by Gasteiger charge is 2.33. The molecule has 0 heterocycles. The number of hydrazine groups is 1. The Bertz CT molecular complexity index is 168. The Balaban J connectivity index is 2.30. The Labute approximate surface area is 88.6 Å². The van der Waals surface area contributed by atoms with E-state index in [1.54, 1.807) is 0 Å². The van der Waals surface area contributed by atoms with Gasteiger partial charge in [0.2, 0.25) is 0 Å². The van der Waals surface area contributed by atoms with Gasteiger partial charge in [-0.3, -0.25) is 11.3 Å². The fraction of sp³-hybridized carbons (Fsp3) is 1.00. The van der Waals surface area contributed by atoms with Crippen molar-refractivity contribution in [3.05, 3.63) is 0 Å². The molecule has 0 aromatic heterocycles. The van der Waals surface area contributed by atoms with E-state index < -0.39 is 0 Å². The van der Waals surface area contributed by atoms with Gasteiger partial charge in [0, 0.05) is 6.04 Å². The van der Waals surface area contributed by atoms with Gasteiger partial charge < -0.3 is 0 Å². The zero-order valence-electron chi connectivity index (χ0n) is 10.1. The maximum Gasteiger partial charge on any atom is 0.0239 e. The minimum absolute atomic E-state index is 0.429. The molecule has 2 atom stereocenters. The number of hydrogen-bond donors (Lipinski definition) is 2. The molecule has 0 aromatic rings. The zero-order chi connectivity index (χ0) is 10.8. The molecule has 2 unspecified atom stereocenters. The third-order valence-electron chi connectivity index (χ3n) is 3.42. The van der Waals surface area contributed by atoms with E-state index in [2.05, 4.69) is 33.1 Å². The molecule has 2 nitrogen and oxygen atoms in total. The molecule has 0 saturated heterocycles. The van der Waals surface area contributed by atoms with E-state index in [0.717, 1.165) is 11.8 Å². The average molecular weight is 198 g/mol. The van der Waals surface area contributed by atoms with E-state index in [1.807, 2.05) is 0 Å². The summed E-state index contributed by atoms with van der Waals surface area (Å²) in [6.45, 7) is 9.22. The summed E-state index contributed by atoms with van der Waals surface area (Å²) < 4.78 is 0. The van der Waals surface area contributed by atoms with Crippen molar-refractivity contribution in [2.45, 2.75) is 59.4 Å². The van der Waals surface area contributed by atoms with Gasteiger partial charge >= 0.3 is 0 Å². The summed E-state index contributed by atoms with van der Waals surface area (Å²) in [7, 11) is 0. The molecule has 2 heteroatoms. The first kappa shape index (κ1) is 12.0. The summed E-state index contributed by atoms with van der Waals surface area (Å²) in [6.07, 6.45) is 5.28. The second-order valence-corrected chi connectivity index (χ2v) is 6.07. The Hall–Kier alpha value is -0.0800. The van der Waals surface area contributed by atoms with Crippen LogP contribution in [0.4, 0.5) is 0 Å². The van der Waals surface area contributed by atoms with Crippen LogP contribution >= 0.6 is 0 Å². The molecule has 14 heavy (non-hydrogen) atoms. The lowest BCUT2D eigenvalue weighted by molar-refractivity contribution is 0.273. The van der Waals surface area contributed by atoms with Crippen molar-refractivity contribution in [2.24, 2.45) is 23.1 Å². The van der Waals surface area contributed by atoms with Crippen molar-refractivity contribution in [3.8, 4) is 0 Å². The Morgan fingerprint density at radius 2 is 1.93 bits per heavy atom. The third-order valence-corrected chi connectivity index (χ3v) is 3.42. The predicted octanol–water partition coefficient (Wildman–Crippen LogP) is 2.69. The van der Waals surface area contributed by atoms with Gasteiger partial charge in [-0.05, 0) is 42.9 Å². The van der Waals surface area contributed by atoms with Crippen LogP contribution in [0.5, 0.6) is 0 Å². The largest absolute Gasteiger partial charge is 0.271 e.